The lowest BCUT2D eigenvalue weighted by atomic mass is 10.0. The van der Waals surface area contributed by atoms with Crippen molar-refractivity contribution >= 4 is 5.91 Å². The fourth-order valence-electron chi connectivity index (χ4n) is 1.78. The molecule has 19 heavy (non-hydrogen) atoms. The zero-order chi connectivity index (χ0) is 14.3. The van der Waals surface area contributed by atoms with Crippen LogP contribution in [0, 0.1) is 13.8 Å². The number of ether oxygens (including phenoxy) is 1. The molecule has 3 heteroatoms. The molecule has 0 atom stereocenters. The van der Waals surface area contributed by atoms with E-state index in [2.05, 4.69) is 31.3 Å². The molecule has 0 radical (unpaired) electrons. The maximum atomic E-state index is 11.8. The minimum Gasteiger partial charge on any atom is -0.379 e. The van der Waals surface area contributed by atoms with Crippen LogP contribution in [0.3, 0.4) is 0 Å². The van der Waals surface area contributed by atoms with Crippen molar-refractivity contribution in [1.29, 1.82) is 0 Å². The van der Waals surface area contributed by atoms with Gasteiger partial charge in [-0.1, -0.05) is 18.2 Å². The molecule has 0 spiro atoms. The largest absolute Gasteiger partial charge is 0.379 e. The average Bonchev–Trinajstić information content (AvgIpc) is 2.33. The Balaban J connectivity index is 2.25. The molecular formula is C16H25NO2. The number of rotatable bonds is 7. The van der Waals surface area contributed by atoms with Crippen molar-refractivity contribution in [2.75, 3.05) is 13.2 Å². The van der Waals surface area contributed by atoms with E-state index in [-0.39, 0.29) is 12.0 Å². The molecule has 1 aromatic rings. The summed E-state index contributed by atoms with van der Waals surface area (Å²) in [6, 6.07) is 6.16. The summed E-state index contributed by atoms with van der Waals surface area (Å²) in [5, 5.41) is 2.92. The molecule has 0 aliphatic heterocycles. The van der Waals surface area contributed by atoms with Gasteiger partial charge in [-0.2, -0.15) is 0 Å². The standard InChI is InChI=1S/C16H25NO2/c1-12(2)19-9-5-8-17-16(18)11-15-7-6-13(3)14(4)10-15/h6-7,10,12H,5,8-9,11H2,1-4H3,(H,17,18). The van der Waals surface area contributed by atoms with Crippen LogP contribution in [-0.4, -0.2) is 25.2 Å². The van der Waals surface area contributed by atoms with Gasteiger partial charge in [0.2, 0.25) is 5.91 Å². The molecule has 0 aliphatic carbocycles. The molecule has 1 rings (SSSR count). The molecule has 106 valence electrons. The number of amides is 1. The molecule has 0 heterocycles. The van der Waals surface area contributed by atoms with Gasteiger partial charge in [-0.05, 0) is 50.8 Å². The molecule has 0 saturated heterocycles. The Hall–Kier alpha value is -1.35. The van der Waals surface area contributed by atoms with E-state index in [1.165, 1.54) is 11.1 Å². The molecule has 1 amide bonds. The summed E-state index contributed by atoms with van der Waals surface area (Å²) < 4.78 is 5.42. The number of nitrogens with one attached hydrogen (secondary N) is 1. The van der Waals surface area contributed by atoms with E-state index in [4.69, 9.17) is 4.74 Å². The summed E-state index contributed by atoms with van der Waals surface area (Å²) >= 11 is 0. The van der Waals surface area contributed by atoms with Crippen molar-refractivity contribution in [3.63, 3.8) is 0 Å². The quantitative estimate of drug-likeness (QED) is 0.768. The van der Waals surface area contributed by atoms with Gasteiger partial charge < -0.3 is 10.1 Å². The van der Waals surface area contributed by atoms with Crippen LogP contribution in [0.5, 0.6) is 0 Å². The van der Waals surface area contributed by atoms with E-state index in [0.29, 0.717) is 19.6 Å². The SMILES string of the molecule is Cc1ccc(CC(=O)NCCCOC(C)C)cc1C. The van der Waals surface area contributed by atoms with Crippen LogP contribution in [0.1, 0.15) is 37.0 Å². The monoisotopic (exact) mass is 263 g/mol. The summed E-state index contributed by atoms with van der Waals surface area (Å²) in [4.78, 5) is 11.8. The van der Waals surface area contributed by atoms with E-state index in [1.54, 1.807) is 0 Å². The normalized spacial score (nSPS) is 10.8. The van der Waals surface area contributed by atoms with Crippen LogP contribution in [0.15, 0.2) is 18.2 Å². The van der Waals surface area contributed by atoms with E-state index >= 15 is 0 Å². The Morgan fingerprint density at radius 3 is 2.63 bits per heavy atom. The lowest BCUT2D eigenvalue weighted by molar-refractivity contribution is -0.120. The minimum absolute atomic E-state index is 0.0767. The van der Waals surface area contributed by atoms with Crippen molar-refractivity contribution in [2.24, 2.45) is 0 Å². The van der Waals surface area contributed by atoms with Crippen molar-refractivity contribution in [2.45, 2.75) is 46.6 Å². The van der Waals surface area contributed by atoms with Crippen LogP contribution in [-0.2, 0) is 16.0 Å². The molecule has 0 saturated carbocycles. The summed E-state index contributed by atoms with van der Waals surface area (Å²) in [5.41, 5.74) is 3.56. The Morgan fingerprint density at radius 1 is 1.26 bits per heavy atom. The molecular weight excluding hydrogens is 238 g/mol. The highest BCUT2D eigenvalue weighted by Crippen LogP contribution is 2.10. The molecule has 0 aromatic heterocycles. The van der Waals surface area contributed by atoms with E-state index in [0.717, 1.165) is 12.0 Å². The molecule has 0 fully saturated rings. The lowest BCUT2D eigenvalue weighted by Gasteiger charge is -2.09. The number of benzene rings is 1. The Kier molecular flexibility index (Phi) is 6.57. The third kappa shape index (κ3) is 6.39. The zero-order valence-electron chi connectivity index (χ0n) is 12.5. The van der Waals surface area contributed by atoms with Crippen molar-refractivity contribution < 1.29 is 9.53 Å². The van der Waals surface area contributed by atoms with Crippen LogP contribution in [0.2, 0.25) is 0 Å². The van der Waals surface area contributed by atoms with Crippen molar-refractivity contribution in [3.8, 4) is 0 Å². The smallest absolute Gasteiger partial charge is 0.224 e. The molecule has 1 N–H and O–H groups in total. The van der Waals surface area contributed by atoms with Crippen LogP contribution in [0.25, 0.3) is 0 Å². The Bertz CT molecular complexity index is 413. The zero-order valence-corrected chi connectivity index (χ0v) is 12.5. The summed E-state index contributed by atoms with van der Waals surface area (Å²) in [7, 11) is 0. The van der Waals surface area contributed by atoms with Crippen LogP contribution in [0.4, 0.5) is 0 Å². The number of carbonyl (C=O) groups excluding carboxylic acids is 1. The van der Waals surface area contributed by atoms with Gasteiger partial charge in [0.15, 0.2) is 0 Å². The second-order valence-corrected chi connectivity index (χ2v) is 5.22. The predicted octanol–water partition coefficient (Wildman–Crippen LogP) is 2.78. The summed E-state index contributed by atoms with van der Waals surface area (Å²) in [5.74, 6) is 0.0767. The second-order valence-electron chi connectivity index (χ2n) is 5.22. The van der Waals surface area contributed by atoms with E-state index in [1.807, 2.05) is 19.9 Å². The highest BCUT2D eigenvalue weighted by Gasteiger charge is 2.04. The number of hydrogen-bond acceptors (Lipinski definition) is 2. The summed E-state index contributed by atoms with van der Waals surface area (Å²) in [6.45, 7) is 9.54. The van der Waals surface area contributed by atoms with Gasteiger partial charge in [0.1, 0.15) is 0 Å². The Labute approximate surface area is 116 Å². The van der Waals surface area contributed by atoms with Crippen molar-refractivity contribution in [1.82, 2.24) is 5.32 Å². The molecule has 0 bridgehead atoms. The first-order valence-corrected chi connectivity index (χ1v) is 6.93. The first-order chi connectivity index (χ1) is 8.99. The van der Waals surface area contributed by atoms with E-state index < -0.39 is 0 Å². The van der Waals surface area contributed by atoms with Crippen LogP contribution < -0.4 is 5.32 Å². The fraction of sp³-hybridized carbons (Fsp3) is 0.562. The first-order valence-electron chi connectivity index (χ1n) is 6.93. The Morgan fingerprint density at radius 2 is 2.00 bits per heavy atom. The van der Waals surface area contributed by atoms with Gasteiger partial charge in [0.05, 0.1) is 12.5 Å². The topological polar surface area (TPSA) is 38.3 Å². The van der Waals surface area contributed by atoms with E-state index in [9.17, 15) is 4.79 Å². The molecule has 3 nitrogen and oxygen atoms in total. The summed E-state index contributed by atoms with van der Waals surface area (Å²) in [6.07, 6.45) is 1.56. The number of hydrogen-bond donors (Lipinski definition) is 1. The highest BCUT2D eigenvalue weighted by molar-refractivity contribution is 5.78. The third-order valence-electron chi connectivity index (χ3n) is 3.03. The van der Waals surface area contributed by atoms with Gasteiger partial charge in [-0.3, -0.25) is 4.79 Å². The number of carbonyl (C=O) groups is 1. The van der Waals surface area contributed by atoms with Gasteiger partial charge in [0, 0.05) is 13.2 Å². The lowest BCUT2D eigenvalue weighted by Crippen LogP contribution is -2.27. The maximum absolute atomic E-state index is 11.8. The molecule has 0 aliphatic rings. The van der Waals surface area contributed by atoms with Gasteiger partial charge in [-0.15, -0.1) is 0 Å². The van der Waals surface area contributed by atoms with Gasteiger partial charge in [-0.25, -0.2) is 0 Å². The third-order valence-corrected chi connectivity index (χ3v) is 3.03. The highest BCUT2D eigenvalue weighted by atomic mass is 16.5. The molecule has 1 aromatic carbocycles. The van der Waals surface area contributed by atoms with Gasteiger partial charge >= 0.3 is 0 Å². The molecule has 0 unspecified atom stereocenters. The minimum atomic E-state index is 0.0767. The predicted molar refractivity (Wildman–Crippen MR) is 78.3 cm³/mol. The average molecular weight is 263 g/mol. The fourth-order valence-corrected chi connectivity index (χ4v) is 1.78. The van der Waals surface area contributed by atoms with Crippen LogP contribution >= 0.6 is 0 Å². The van der Waals surface area contributed by atoms with Crippen molar-refractivity contribution in [3.05, 3.63) is 34.9 Å². The second kappa shape index (κ2) is 7.95. The first kappa shape index (κ1) is 15.7. The van der Waals surface area contributed by atoms with Gasteiger partial charge in [0.25, 0.3) is 0 Å². The number of aryl methyl sites for hydroxylation is 2. The maximum Gasteiger partial charge on any atom is 0.224 e.